The Morgan fingerprint density at radius 2 is 2.00 bits per heavy atom. The van der Waals surface area contributed by atoms with Crippen LogP contribution in [0, 0.1) is 0 Å². The van der Waals surface area contributed by atoms with E-state index in [-0.39, 0.29) is 29.5 Å². The number of aryl methyl sites for hydroxylation is 1. The zero-order valence-electron chi connectivity index (χ0n) is 19.3. The first-order valence-electron chi connectivity index (χ1n) is 11.3. The molecule has 0 saturated carbocycles. The molecule has 1 N–H and O–H groups in total. The molecule has 0 spiro atoms. The highest BCUT2D eigenvalue weighted by Gasteiger charge is 2.31. The fraction of sp³-hybridized carbons (Fsp3) is 0.583. The Bertz CT molecular complexity index is 890. The smallest absolute Gasteiger partial charge is 0.194 e. The minimum absolute atomic E-state index is 0. The van der Waals surface area contributed by atoms with Crippen molar-refractivity contribution in [1.82, 2.24) is 24.9 Å². The van der Waals surface area contributed by atoms with E-state index in [1.807, 2.05) is 17.9 Å². The largest absolute Gasteiger partial charge is 0.357 e. The lowest BCUT2D eigenvalue weighted by atomic mass is 9.94. The second-order valence-corrected chi connectivity index (χ2v) is 9.30. The highest BCUT2D eigenvalue weighted by Crippen LogP contribution is 2.28. The molecule has 2 aliphatic heterocycles. The maximum atomic E-state index is 5.10. The summed E-state index contributed by atoms with van der Waals surface area (Å²) in [5.74, 6) is 1.59. The van der Waals surface area contributed by atoms with Crippen LogP contribution in [0.5, 0.6) is 0 Å². The monoisotopic (exact) mass is 536 g/mol. The molecular weight excluding hydrogens is 499 g/mol. The van der Waals surface area contributed by atoms with Crippen molar-refractivity contribution in [2.75, 3.05) is 32.7 Å². The second-order valence-electron chi connectivity index (χ2n) is 9.30. The molecule has 1 saturated heterocycles. The van der Waals surface area contributed by atoms with Gasteiger partial charge in [-0.05, 0) is 50.3 Å². The first-order chi connectivity index (χ1) is 14.5. The number of halogens is 1. The van der Waals surface area contributed by atoms with Gasteiger partial charge in [0.2, 0.25) is 0 Å². The van der Waals surface area contributed by atoms with E-state index in [0.29, 0.717) is 5.92 Å². The van der Waals surface area contributed by atoms with Gasteiger partial charge in [0.05, 0.1) is 12.7 Å². The number of hydrogen-bond donors (Lipinski definition) is 1. The van der Waals surface area contributed by atoms with Crippen molar-refractivity contribution in [2.24, 2.45) is 12.0 Å². The molecule has 170 valence electrons. The lowest BCUT2D eigenvalue weighted by Crippen LogP contribution is -2.49. The second kappa shape index (κ2) is 10.3. The topological polar surface area (TPSA) is 48.7 Å². The molecule has 0 radical (unpaired) electrons. The third kappa shape index (κ3) is 5.61. The molecule has 31 heavy (non-hydrogen) atoms. The molecule has 0 bridgehead atoms. The molecule has 7 heteroatoms. The van der Waals surface area contributed by atoms with Crippen molar-refractivity contribution in [2.45, 2.75) is 51.6 Å². The maximum Gasteiger partial charge on any atom is 0.194 e. The number of likely N-dealkylation sites (tertiary alicyclic amines) is 1. The van der Waals surface area contributed by atoms with Gasteiger partial charge in [-0.25, -0.2) is 0 Å². The van der Waals surface area contributed by atoms with Crippen LogP contribution in [-0.2, 0) is 20.0 Å². The van der Waals surface area contributed by atoms with Crippen molar-refractivity contribution in [1.29, 1.82) is 0 Å². The predicted octanol–water partition coefficient (Wildman–Crippen LogP) is 3.63. The quantitative estimate of drug-likeness (QED) is 0.361. The van der Waals surface area contributed by atoms with E-state index >= 15 is 0 Å². The number of benzene rings is 1. The first-order valence-corrected chi connectivity index (χ1v) is 11.3. The highest BCUT2D eigenvalue weighted by atomic mass is 127. The maximum absolute atomic E-state index is 5.10. The summed E-state index contributed by atoms with van der Waals surface area (Å²) >= 11 is 0. The zero-order chi connectivity index (χ0) is 21.1. The number of fused-ring (bicyclic) bond motifs is 1. The summed E-state index contributed by atoms with van der Waals surface area (Å²) in [4.78, 5) is 10.1. The van der Waals surface area contributed by atoms with E-state index in [2.05, 4.69) is 71.4 Å². The molecule has 2 aromatic rings. The first kappa shape index (κ1) is 24.0. The van der Waals surface area contributed by atoms with Gasteiger partial charge >= 0.3 is 0 Å². The lowest BCUT2D eigenvalue weighted by Gasteiger charge is -2.41. The Labute approximate surface area is 204 Å². The van der Waals surface area contributed by atoms with E-state index < -0.39 is 0 Å². The molecule has 1 aromatic carbocycles. The van der Waals surface area contributed by atoms with Gasteiger partial charge in [-0.15, -0.1) is 24.0 Å². The van der Waals surface area contributed by atoms with Crippen LogP contribution in [0.1, 0.15) is 49.8 Å². The van der Waals surface area contributed by atoms with Crippen molar-refractivity contribution in [3.05, 3.63) is 53.3 Å². The van der Waals surface area contributed by atoms with Gasteiger partial charge in [0.1, 0.15) is 0 Å². The summed E-state index contributed by atoms with van der Waals surface area (Å²) < 4.78 is 1.90. The molecule has 6 nitrogen and oxygen atoms in total. The average Bonchev–Trinajstić information content (AvgIpc) is 3.40. The molecule has 3 heterocycles. The SMILES string of the molecule is CCNC(=NCC(C)(C)N1CCc2ccccc2C1)N1CCC(c2cnn(C)c2)C1.I. The molecule has 1 unspecified atom stereocenters. The molecule has 0 amide bonds. The molecule has 0 aliphatic carbocycles. The van der Waals surface area contributed by atoms with Gasteiger partial charge in [0.15, 0.2) is 5.96 Å². The Morgan fingerprint density at radius 3 is 2.71 bits per heavy atom. The molecule has 4 rings (SSSR count). The number of aliphatic imine (C=N–C) groups is 1. The van der Waals surface area contributed by atoms with Gasteiger partial charge in [-0.1, -0.05) is 24.3 Å². The highest BCUT2D eigenvalue weighted by molar-refractivity contribution is 14.0. The van der Waals surface area contributed by atoms with Crippen LogP contribution >= 0.6 is 24.0 Å². The molecule has 1 atom stereocenters. The Kier molecular flexibility index (Phi) is 8.02. The molecule has 1 aromatic heterocycles. The van der Waals surface area contributed by atoms with Gasteiger partial charge < -0.3 is 10.2 Å². The van der Waals surface area contributed by atoms with Crippen LogP contribution in [0.4, 0.5) is 0 Å². The zero-order valence-corrected chi connectivity index (χ0v) is 21.7. The third-order valence-corrected chi connectivity index (χ3v) is 6.62. The minimum Gasteiger partial charge on any atom is -0.357 e. The van der Waals surface area contributed by atoms with Crippen LogP contribution in [0.2, 0.25) is 0 Å². The summed E-state index contributed by atoms with van der Waals surface area (Å²) in [6.07, 6.45) is 6.44. The number of nitrogens with one attached hydrogen (secondary N) is 1. The number of hydrogen-bond acceptors (Lipinski definition) is 3. The van der Waals surface area contributed by atoms with E-state index in [1.54, 1.807) is 0 Å². The summed E-state index contributed by atoms with van der Waals surface area (Å²) in [6.45, 7) is 12.7. The summed E-state index contributed by atoms with van der Waals surface area (Å²) in [6, 6.07) is 8.85. The summed E-state index contributed by atoms with van der Waals surface area (Å²) in [5, 5.41) is 7.88. The lowest BCUT2D eigenvalue weighted by molar-refractivity contribution is 0.111. The predicted molar refractivity (Wildman–Crippen MR) is 138 cm³/mol. The standard InChI is InChI=1S/C24H36N6.HI/c1-5-25-23(29-12-10-21(16-29)22-14-27-28(4)15-22)26-18-24(2,3)30-13-11-19-8-6-7-9-20(19)17-30;/h6-9,14-15,21H,5,10-13,16-18H2,1-4H3,(H,25,26);1H. The van der Waals surface area contributed by atoms with Crippen molar-refractivity contribution in [3.8, 4) is 0 Å². The number of guanidine groups is 1. The summed E-state index contributed by atoms with van der Waals surface area (Å²) in [7, 11) is 1.99. The molecule has 2 aliphatic rings. The summed E-state index contributed by atoms with van der Waals surface area (Å²) in [5.41, 5.74) is 4.33. The Hall–Kier alpha value is -1.61. The van der Waals surface area contributed by atoms with Crippen LogP contribution in [-0.4, -0.2) is 63.8 Å². The van der Waals surface area contributed by atoms with Crippen molar-refractivity contribution < 1.29 is 0 Å². The van der Waals surface area contributed by atoms with Crippen LogP contribution in [0.15, 0.2) is 41.7 Å². The van der Waals surface area contributed by atoms with Gasteiger partial charge in [0.25, 0.3) is 0 Å². The Balaban J connectivity index is 0.00000272. The van der Waals surface area contributed by atoms with Crippen LogP contribution in [0.3, 0.4) is 0 Å². The van der Waals surface area contributed by atoms with E-state index in [1.165, 1.54) is 16.7 Å². The van der Waals surface area contributed by atoms with Gasteiger partial charge in [-0.2, -0.15) is 5.10 Å². The van der Waals surface area contributed by atoms with E-state index in [4.69, 9.17) is 4.99 Å². The fourth-order valence-electron chi connectivity index (χ4n) is 4.68. The molecular formula is C24H37IN6. The number of rotatable bonds is 5. The third-order valence-electron chi connectivity index (χ3n) is 6.62. The van der Waals surface area contributed by atoms with Gasteiger partial charge in [-0.3, -0.25) is 14.6 Å². The van der Waals surface area contributed by atoms with Crippen molar-refractivity contribution in [3.63, 3.8) is 0 Å². The number of aromatic nitrogens is 2. The van der Waals surface area contributed by atoms with E-state index in [0.717, 1.165) is 58.1 Å². The fourth-order valence-corrected chi connectivity index (χ4v) is 4.68. The number of nitrogens with zero attached hydrogens (tertiary/aromatic N) is 5. The molecule has 1 fully saturated rings. The normalized spacial score (nSPS) is 19.8. The van der Waals surface area contributed by atoms with Crippen LogP contribution < -0.4 is 5.32 Å². The van der Waals surface area contributed by atoms with E-state index in [9.17, 15) is 0 Å². The van der Waals surface area contributed by atoms with Gasteiger partial charge in [0, 0.05) is 57.4 Å². The van der Waals surface area contributed by atoms with Crippen molar-refractivity contribution >= 4 is 29.9 Å². The Morgan fingerprint density at radius 1 is 1.23 bits per heavy atom. The van der Waals surface area contributed by atoms with Crippen LogP contribution in [0.25, 0.3) is 0 Å². The average molecular weight is 537 g/mol. The minimum atomic E-state index is 0.